The first-order valence-electron chi connectivity index (χ1n) is 12.8. The maximum Gasteiger partial charge on any atom is 0.332 e. The van der Waals surface area contributed by atoms with Crippen molar-refractivity contribution in [3.8, 4) is 11.5 Å². The lowest BCUT2D eigenvalue weighted by Crippen LogP contribution is -2.34. The maximum absolute atomic E-state index is 13.7. The van der Waals surface area contributed by atoms with E-state index < -0.39 is 12.1 Å². The first-order valence-corrected chi connectivity index (χ1v) is 12.8. The van der Waals surface area contributed by atoms with Crippen molar-refractivity contribution >= 4 is 5.97 Å². The molecule has 0 bridgehead atoms. The molecule has 3 atom stereocenters. The molecule has 1 unspecified atom stereocenters. The Morgan fingerprint density at radius 2 is 1.86 bits per heavy atom. The van der Waals surface area contributed by atoms with E-state index in [0.29, 0.717) is 37.0 Å². The number of hydrogen-bond acceptors (Lipinski definition) is 5. The van der Waals surface area contributed by atoms with E-state index in [4.69, 9.17) is 14.2 Å². The van der Waals surface area contributed by atoms with E-state index in [2.05, 4.69) is 18.7 Å². The van der Waals surface area contributed by atoms with Crippen LogP contribution in [0.3, 0.4) is 0 Å². The van der Waals surface area contributed by atoms with Crippen molar-refractivity contribution in [1.82, 2.24) is 4.90 Å². The van der Waals surface area contributed by atoms with E-state index in [1.54, 1.807) is 20.3 Å². The number of fused-ring (bicyclic) bond motifs is 1. The first-order chi connectivity index (χ1) is 17.2. The highest BCUT2D eigenvalue weighted by molar-refractivity contribution is 5.72. The number of halogens is 1. The number of benzene rings is 2. The molecule has 0 fully saturated rings. The largest absolute Gasteiger partial charge is 0.493 e. The molecule has 0 saturated heterocycles. The molecule has 0 saturated carbocycles. The zero-order valence-electron chi connectivity index (χ0n) is 22.1. The van der Waals surface area contributed by atoms with Gasteiger partial charge in [0.2, 0.25) is 0 Å². The van der Waals surface area contributed by atoms with E-state index in [1.807, 2.05) is 31.3 Å². The minimum absolute atomic E-state index is 0.202. The van der Waals surface area contributed by atoms with E-state index >= 15 is 0 Å². The third kappa shape index (κ3) is 7.20. The monoisotopic (exact) mass is 501 g/mol. The summed E-state index contributed by atoms with van der Waals surface area (Å²) < 4.78 is 30.4. The second-order valence-electron chi connectivity index (χ2n) is 10.1. The zero-order chi connectivity index (χ0) is 26.2. The average Bonchev–Trinajstić information content (AvgIpc) is 2.86. The Bertz CT molecular complexity index is 1010. The lowest BCUT2D eigenvalue weighted by molar-refractivity contribution is -0.152. The maximum atomic E-state index is 13.7. The molecule has 198 valence electrons. The highest BCUT2D eigenvalue weighted by atomic mass is 19.1. The smallest absolute Gasteiger partial charge is 0.332 e. The number of hydrogen-bond donors (Lipinski definition) is 1. The van der Waals surface area contributed by atoms with E-state index in [1.165, 1.54) is 11.6 Å². The predicted molar refractivity (Wildman–Crippen MR) is 139 cm³/mol. The summed E-state index contributed by atoms with van der Waals surface area (Å²) in [6.45, 7) is 6.13. The predicted octanol–water partition coefficient (Wildman–Crippen LogP) is 5.18. The summed E-state index contributed by atoms with van der Waals surface area (Å²) in [7, 11) is 5.23. The minimum atomic E-state index is -0.928. The van der Waals surface area contributed by atoms with Crippen LogP contribution in [0.25, 0.3) is 0 Å². The fraction of sp³-hybridized carbons (Fsp3) is 0.552. The molecular weight excluding hydrogens is 461 g/mol. The molecule has 6 nitrogen and oxygen atoms in total. The summed E-state index contributed by atoms with van der Waals surface area (Å²) >= 11 is 0. The highest BCUT2D eigenvalue weighted by Gasteiger charge is 2.33. The van der Waals surface area contributed by atoms with Crippen molar-refractivity contribution < 1.29 is 28.5 Å². The fourth-order valence-corrected chi connectivity index (χ4v) is 5.30. The van der Waals surface area contributed by atoms with Crippen LogP contribution in [-0.4, -0.2) is 63.0 Å². The van der Waals surface area contributed by atoms with Crippen LogP contribution in [0.2, 0.25) is 0 Å². The Balaban J connectivity index is 1.52. The Morgan fingerprint density at radius 1 is 1.11 bits per heavy atom. The second-order valence-corrected chi connectivity index (χ2v) is 10.1. The van der Waals surface area contributed by atoms with Crippen LogP contribution < -0.4 is 9.47 Å². The molecule has 0 aliphatic heterocycles. The molecule has 2 aromatic rings. The van der Waals surface area contributed by atoms with Crippen molar-refractivity contribution in [2.24, 2.45) is 11.8 Å². The topological polar surface area (TPSA) is 68.2 Å². The van der Waals surface area contributed by atoms with Crippen molar-refractivity contribution in [1.29, 1.82) is 0 Å². The van der Waals surface area contributed by atoms with Gasteiger partial charge in [0.25, 0.3) is 0 Å². The molecule has 3 rings (SSSR count). The van der Waals surface area contributed by atoms with Crippen LogP contribution >= 0.6 is 0 Å². The SMILES string of the molecule is COc1ccc(CCN(C)CC[C@H](OCC2CCc3cc(F)ccc3[C@H]2C(C)C)C(=O)O)cc1OC. The third-order valence-corrected chi connectivity index (χ3v) is 7.26. The van der Waals surface area contributed by atoms with Crippen LogP contribution in [0.4, 0.5) is 4.39 Å². The minimum Gasteiger partial charge on any atom is -0.493 e. The molecule has 0 heterocycles. The van der Waals surface area contributed by atoms with Gasteiger partial charge in [0.1, 0.15) is 5.82 Å². The van der Waals surface area contributed by atoms with Crippen LogP contribution in [0.5, 0.6) is 11.5 Å². The molecule has 1 aliphatic rings. The van der Waals surface area contributed by atoms with Gasteiger partial charge in [-0.25, -0.2) is 9.18 Å². The third-order valence-electron chi connectivity index (χ3n) is 7.26. The van der Waals surface area contributed by atoms with E-state index in [9.17, 15) is 14.3 Å². The highest BCUT2D eigenvalue weighted by Crippen LogP contribution is 2.41. The van der Waals surface area contributed by atoms with Gasteiger partial charge in [0.05, 0.1) is 20.8 Å². The number of carboxylic acid groups (broad SMARTS) is 1. The van der Waals surface area contributed by atoms with Gasteiger partial charge in [-0.1, -0.05) is 26.0 Å². The van der Waals surface area contributed by atoms with Gasteiger partial charge in [0, 0.05) is 13.1 Å². The Labute approximate surface area is 214 Å². The zero-order valence-corrected chi connectivity index (χ0v) is 22.1. The number of aryl methyl sites for hydroxylation is 1. The molecule has 0 aromatic heterocycles. The van der Waals surface area contributed by atoms with Crippen LogP contribution in [0, 0.1) is 17.7 Å². The molecule has 1 N–H and O–H groups in total. The lowest BCUT2D eigenvalue weighted by Gasteiger charge is -2.36. The van der Waals surface area contributed by atoms with Crippen molar-refractivity contribution in [2.45, 2.75) is 51.6 Å². The molecule has 1 aliphatic carbocycles. The standard InChI is InChI=1S/C29H40FNO5/c1-19(2)28-22(8-7-21-17-23(30)9-10-24(21)28)18-36-26(29(32)33)13-15-31(3)14-12-20-6-11-25(34-4)27(16-20)35-5/h6,9-11,16-17,19,22,26,28H,7-8,12-15,18H2,1-5H3,(H,32,33)/t22?,26-,28-/m0/s1. The summed E-state index contributed by atoms with van der Waals surface area (Å²) in [5.41, 5.74) is 3.37. The Kier molecular flexibility index (Phi) is 10.1. The number of ether oxygens (including phenoxy) is 3. The Hall–Kier alpha value is -2.64. The van der Waals surface area contributed by atoms with Gasteiger partial charge in [-0.2, -0.15) is 0 Å². The molecule has 36 heavy (non-hydrogen) atoms. The number of carbonyl (C=O) groups is 1. The molecule has 2 aromatic carbocycles. The molecule has 7 heteroatoms. The lowest BCUT2D eigenvalue weighted by atomic mass is 9.70. The van der Waals surface area contributed by atoms with Crippen molar-refractivity contribution in [3.05, 3.63) is 58.9 Å². The summed E-state index contributed by atoms with van der Waals surface area (Å²) in [5, 5.41) is 9.78. The van der Waals surface area contributed by atoms with Gasteiger partial charge < -0.3 is 24.2 Å². The number of aliphatic carboxylic acids is 1. The number of likely N-dealkylation sites (N-methyl/N-ethyl adjacent to an activating group) is 1. The van der Waals surface area contributed by atoms with Gasteiger partial charge in [0.15, 0.2) is 17.6 Å². The van der Waals surface area contributed by atoms with Gasteiger partial charge in [-0.05, 0) is 91.4 Å². The van der Waals surface area contributed by atoms with Crippen LogP contribution in [0.15, 0.2) is 36.4 Å². The van der Waals surface area contributed by atoms with Crippen molar-refractivity contribution in [3.63, 3.8) is 0 Å². The summed E-state index contributed by atoms with van der Waals surface area (Å²) in [5.74, 6) is 1.07. The number of rotatable bonds is 13. The normalized spacial score (nSPS) is 18.2. The molecule has 0 spiro atoms. The first kappa shape index (κ1) is 27.9. The van der Waals surface area contributed by atoms with Crippen LogP contribution in [-0.2, 0) is 22.4 Å². The number of carboxylic acids is 1. The van der Waals surface area contributed by atoms with E-state index in [-0.39, 0.29) is 17.7 Å². The summed E-state index contributed by atoms with van der Waals surface area (Å²) in [4.78, 5) is 14.1. The van der Waals surface area contributed by atoms with Crippen LogP contribution in [0.1, 0.15) is 49.3 Å². The van der Waals surface area contributed by atoms with Gasteiger partial charge in [-0.15, -0.1) is 0 Å². The van der Waals surface area contributed by atoms with Crippen molar-refractivity contribution in [2.75, 3.05) is 41.0 Å². The van der Waals surface area contributed by atoms with E-state index in [0.717, 1.165) is 36.9 Å². The quantitative estimate of drug-likeness (QED) is 0.408. The second kappa shape index (κ2) is 13.1. The fourth-order valence-electron chi connectivity index (χ4n) is 5.30. The summed E-state index contributed by atoms with van der Waals surface area (Å²) in [6, 6.07) is 10.9. The number of nitrogens with zero attached hydrogens (tertiary/aromatic N) is 1. The molecule has 0 amide bonds. The Morgan fingerprint density at radius 3 is 2.53 bits per heavy atom. The van der Waals surface area contributed by atoms with Gasteiger partial charge in [-0.3, -0.25) is 0 Å². The molecule has 0 radical (unpaired) electrons. The molecular formula is C29H40FNO5. The number of methoxy groups -OCH3 is 2. The van der Waals surface area contributed by atoms with Gasteiger partial charge >= 0.3 is 5.97 Å². The summed E-state index contributed by atoms with van der Waals surface area (Å²) in [6.07, 6.45) is 2.04. The average molecular weight is 502 g/mol.